The molecule has 1 aliphatic rings. The summed E-state index contributed by atoms with van der Waals surface area (Å²) in [5.41, 5.74) is 6.52. The highest BCUT2D eigenvalue weighted by molar-refractivity contribution is 7.17. The first-order valence-electron chi connectivity index (χ1n) is 9.70. The lowest BCUT2D eigenvalue weighted by Gasteiger charge is -2.12. The summed E-state index contributed by atoms with van der Waals surface area (Å²) in [6, 6.07) is 6.24. The zero-order valence-corrected chi connectivity index (χ0v) is 17.3. The van der Waals surface area contributed by atoms with Crippen LogP contribution in [0.3, 0.4) is 0 Å². The van der Waals surface area contributed by atoms with Crippen molar-refractivity contribution in [2.75, 3.05) is 11.1 Å². The van der Waals surface area contributed by atoms with E-state index < -0.39 is 0 Å². The second kappa shape index (κ2) is 8.95. The van der Waals surface area contributed by atoms with E-state index in [9.17, 15) is 4.79 Å². The Bertz CT molecular complexity index is 1140. The van der Waals surface area contributed by atoms with Crippen molar-refractivity contribution < 1.29 is 0 Å². The zero-order chi connectivity index (χ0) is 20.9. The molecule has 10 heteroatoms. The SMILES string of the molecule is Cc1cnc(N)nn1.O=c1c2sccc2cnn1-c1ccc(NC2CCCC2)nc1. The number of rotatable bonds is 3. The summed E-state index contributed by atoms with van der Waals surface area (Å²) in [6.45, 7) is 1.80. The summed E-state index contributed by atoms with van der Waals surface area (Å²) in [5.74, 6) is 1.08. The van der Waals surface area contributed by atoms with Crippen molar-refractivity contribution in [1.29, 1.82) is 0 Å². The number of fused-ring (bicyclic) bond motifs is 1. The summed E-state index contributed by atoms with van der Waals surface area (Å²) >= 11 is 1.44. The van der Waals surface area contributed by atoms with E-state index in [2.05, 4.69) is 30.6 Å². The molecule has 0 spiro atoms. The molecule has 4 aromatic heterocycles. The van der Waals surface area contributed by atoms with Gasteiger partial charge in [-0.15, -0.1) is 16.4 Å². The van der Waals surface area contributed by atoms with E-state index >= 15 is 0 Å². The number of nitrogen functional groups attached to an aromatic ring is 1. The summed E-state index contributed by atoms with van der Waals surface area (Å²) < 4.78 is 2.13. The molecular formula is C20H22N8OS. The van der Waals surface area contributed by atoms with Crippen LogP contribution in [-0.4, -0.2) is 36.0 Å². The van der Waals surface area contributed by atoms with Gasteiger partial charge in [0.2, 0.25) is 5.95 Å². The molecule has 0 aromatic carbocycles. The Labute approximate surface area is 177 Å². The van der Waals surface area contributed by atoms with Crippen molar-refractivity contribution in [1.82, 2.24) is 29.9 Å². The Kier molecular flexibility index (Phi) is 5.94. The van der Waals surface area contributed by atoms with Gasteiger partial charge in [0.1, 0.15) is 10.5 Å². The van der Waals surface area contributed by atoms with Crippen LogP contribution in [0.2, 0.25) is 0 Å². The van der Waals surface area contributed by atoms with Crippen LogP contribution in [0.1, 0.15) is 31.4 Å². The quantitative estimate of drug-likeness (QED) is 0.516. The van der Waals surface area contributed by atoms with Gasteiger partial charge < -0.3 is 11.1 Å². The number of anilines is 2. The highest BCUT2D eigenvalue weighted by Crippen LogP contribution is 2.21. The lowest BCUT2D eigenvalue weighted by Crippen LogP contribution is -2.20. The Morgan fingerprint density at radius 3 is 2.60 bits per heavy atom. The smallest absolute Gasteiger partial charge is 0.289 e. The minimum atomic E-state index is -0.0918. The molecule has 0 unspecified atom stereocenters. The van der Waals surface area contributed by atoms with Gasteiger partial charge in [-0.3, -0.25) is 4.79 Å². The molecule has 0 radical (unpaired) electrons. The Morgan fingerprint density at radius 2 is 1.93 bits per heavy atom. The molecule has 0 amide bonds. The number of hydrogen-bond donors (Lipinski definition) is 2. The number of aromatic nitrogens is 6. The number of nitrogens with two attached hydrogens (primary N) is 1. The molecule has 0 atom stereocenters. The number of thiophene rings is 1. The normalized spacial score (nSPS) is 13.8. The average molecular weight is 423 g/mol. The van der Waals surface area contributed by atoms with E-state index in [0.29, 0.717) is 11.7 Å². The van der Waals surface area contributed by atoms with Gasteiger partial charge in [0.05, 0.1) is 30.0 Å². The molecule has 3 N–H and O–H groups in total. The van der Waals surface area contributed by atoms with Crippen LogP contribution >= 0.6 is 11.3 Å². The molecule has 4 heterocycles. The maximum atomic E-state index is 12.4. The Hall–Kier alpha value is -3.40. The average Bonchev–Trinajstić information content (AvgIpc) is 3.44. The number of pyridine rings is 1. The fourth-order valence-electron chi connectivity index (χ4n) is 3.26. The van der Waals surface area contributed by atoms with E-state index in [-0.39, 0.29) is 11.5 Å². The Balaban J connectivity index is 0.000000230. The van der Waals surface area contributed by atoms with E-state index in [1.54, 1.807) is 25.5 Å². The van der Waals surface area contributed by atoms with Crippen LogP contribution in [0.15, 0.2) is 47.0 Å². The largest absolute Gasteiger partial charge is 0.367 e. The number of hydrogen-bond acceptors (Lipinski definition) is 9. The van der Waals surface area contributed by atoms with Crippen LogP contribution in [0, 0.1) is 6.92 Å². The third-order valence-corrected chi connectivity index (χ3v) is 5.71. The molecule has 0 aliphatic heterocycles. The molecule has 0 saturated heterocycles. The molecule has 5 rings (SSSR count). The van der Waals surface area contributed by atoms with Gasteiger partial charge in [-0.1, -0.05) is 12.8 Å². The highest BCUT2D eigenvalue weighted by atomic mass is 32.1. The molecule has 30 heavy (non-hydrogen) atoms. The van der Waals surface area contributed by atoms with E-state index in [0.717, 1.165) is 21.6 Å². The molecule has 1 aliphatic carbocycles. The van der Waals surface area contributed by atoms with Crippen LogP contribution in [0.25, 0.3) is 15.8 Å². The first-order chi connectivity index (χ1) is 14.6. The van der Waals surface area contributed by atoms with Gasteiger partial charge >= 0.3 is 0 Å². The molecule has 154 valence electrons. The van der Waals surface area contributed by atoms with Crippen LogP contribution < -0.4 is 16.6 Å². The third kappa shape index (κ3) is 4.60. The van der Waals surface area contributed by atoms with Gasteiger partial charge in [-0.25, -0.2) is 9.97 Å². The van der Waals surface area contributed by atoms with Crippen molar-refractivity contribution in [2.24, 2.45) is 0 Å². The van der Waals surface area contributed by atoms with Crippen molar-refractivity contribution in [3.05, 3.63) is 58.2 Å². The van der Waals surface area contributed by atoms with Crippen LogP contribution in [0.5, 0.6) is 0 Å². The van der Waals surface area contributed by atoms with Crippen molar-refractivity contribution in [2.45, 2.75) is 38.6 Å². The molecule has 4 aromatic rings. The molecular weight excluding hydrogens is 400 g/mol. The van der Waals surface area contributed by atoms with Gasteiger partial charge in [-0.05, 0) is 43.3 Å². The van der Waals surface area contributed by atoms with Gasteiger partial charge in [0, 0.05) is 11.4 Å². The van der Waals surface area contributed by atoms with Crippen molar-refractivity contribution in [3.8, 4) is 5.69 Å². The van der Waals surface area contributed by atoms with Gasteiger partial charge in [-0.2, -0.15) is 14.9 Å². The minimum Gasteiger partial charge on any atom is -0.367 e. The number of nitrogens with one attached hydrogen (secondary N) is 1. The lowest BCUT2D eigenvalue weighted by atomic mass is 10.2. The first-order valence-corrected chi connectivity index (χ1v) is 10.6. The summed E-state index contributed by atoms with van der Waals surface area (Å²) in [7, 11) is 0. The third-order valence-electron chi connectivity index (χ3n) is 4.79. The molecule has 1 saturated carbocycles. The van der Waals surface area contributed by atoms with Gasteiger partial charge in [0.25, 0.3) is 5.56 Å². The summed E-state index contributed by atoms with van der Waals surface area (Å²) in [4.78, 5) is 20.5. The Morgan fingerprint density at radius 1 is 1.10 bits per heavy atom. The van der Waals surface area contributed by atoms with E-state index in [1.807, 2.05) is 23.6 Å². The maximum Gasteiger partial charge on any atom is 0.289 e. The van der Waals surface area contributed by atoms with Crippen molar-refractivity contribution >= 4 is 33.2 Å². The monoisotopic (exact) mass is 422 g/mol. The number of aryl methyl sites for hydroxylation is 1. The molecule has 0 bridgehead atoms. The van der Waals surface area contributed by atoms with E-state index in [1.165, 1.54) is 41.7 Å². The molecule has 9 nitrogen and oxygen atoms in total. The zero-order valence-electron chi connectivity index (χ0n) is 16.5. The fraction of sp³-hybridized carbons (Fsp3) is 0.300. The van der Waals surface area contributed by atoms with Gasteiger partial charge in [0.15, 0.2) is 0 Å². The first kappa shape index (κ1) is 19.9. The predicted molar refractivity (Wildman–Crippen MR) is 118 cm³/mol. The lowest BCUT2D eigenvalue weighted by molar-refractivity contribution is 0.749. The topological polar surface area (TPSA) is 124 Å². The summed E-state index contributed by atoms with van der Waals surface area (Å²) in [5, 5.41) is 17.6. The second-order valence-corrected chi connectivity index (χ2v) is 7.97. The minimum absolute atomic E-state index is 0.0918. The standard InChI is InChI=1S/C16H16N4OS.C4H6N4/c21-16-15-11(7-8-22-15)9-18-20(16)13-5-6-14(17-10-13)19-12-3-1-2-4-12;1-3-2-6-4(5)8-7-3/h5-10,12H,1-4H2,(H,17,19);2H,1H3,(H2,5,6,8). The fourth-order valence-corrected chi connectivity index (χ4v) is 4.06. The maximum absolute atomic E-state index is 12.4. The number of nitrogens with zero attached hydrogens (tertiary/aromatic N) is 6. The van der Waals surface area contributed by atoms with E-state index in [4.69, 9.17) is 5.73 Å². The van der Waals surface area contributed by atoms with Crippen LogP contribution in [-0.2, 0) is 0 Å². The molecule has 1 fully saturated rings. The van der Waals surface area contributed by atoms with Crippen molar-refractivity contribution in [3.63, 3.8) is 0 Å². The summed E-state index contributed by atoms with van der Waals surface area (Å²) in [6.07, 6.45) is 9.98. The second-order valence-electron chi connectivity index (χ2n) is 7.05. The predicted octanol–water partition coefficient (Wildman–Crippen LogP) is 2.96. The highest BCUT2D eigenvalue weighted by Gasteiger charge is 2.15. The van der Waals surface area contributed by atoms with Crippen LogP contribution in [0.4, 0.5) is 11.8 Å².